The monoisotopic (exact) mass is 392 g/mol. The van der Waals surface area contributed by atoms with Gasteiger partial charge in [0.1, 0.15) is 6.10 Å². The summed E-state index contributed by atoms with van der Waals surface area (Å²) >= 11 is 0. The van der Waals surface area contributed by atoms with Gasteiger partial charge in [-0.1, -0.05) is 31.4 Å². The van der Waals surface area contributed by atoms with Crippen LogP contribution in [0.5, 0.6) is 0 Å². The highest BCUT2D eigenvalue weighted by molar-refractivity contribution is 6.04. The highest BCUT2D eigenvalue weighted by atomic mass is 16.5. The lowest BCUT2D eigenvalue weighted by atomic mass is 9.84. The van der Waals surface area contributed by atoms with E-state index in [1.165, 1.54) is 37.7 Å². The summed E-state index contributed by atoms with van der Waals surface area (Å²) in [5, 5.41) is 5.77. The summed E-state index contributed by atoms with van der Waals surface area (Å²) in [6.45, 7) is 0.644. The lowest BCUT2D eigenvalue weighted by Gasteiger charge is -2.22. The van der Waals surface area contributed by atoms with Crippen molar-refractivity contribution in [2.24, 2.45) is 0 Å². The van der Waals surface area contributed by atoms with E-state index in [0.29, 0.717) is 29.5 Å². The van der Waals surface area contributed by atoms with E-state index in [4.69, 9.17) is 4.74 Å². The Hall–Kier alpha value is -2.66. The first-order chi connectivity index (χ1) is 14.2. The van der Waals surface area contributed by atoms with Gasteiger partial charge in [0, 0.05) is 23.5 Å². The van der Waals surface area contributed by atoms with E-state index >= 15 is 0 Å². The molecule has 0 aromatic heterocycles. The van der Waals surface area contributed by atoms with Gasteiger partial charge in [0.15, 0.2) is 0 Å². The molecule has 1 aliphatic heterocycles. The fourth-order valence-electron chi connectivity index (χ4n) is 4.19. The van der Waals surface area contributed by atoms with Gasteiger partial charge in [-0.15, -0.1) is 0 Å². The minimum atomic E-state index is -0.356. The molecule has 2 amide bonds. The van der Waals surface area contributed by atoms with Gasteiger partial charge in [-0.05, 0) is 73.6 Å². The minimum Gasteiger partial charge on any atom is -0.368 e. The lowest BCUT2D eigenvalue weighted by Crippen LogP contribution is -2.26. The Bertz CT molecular complexity index is 833. The number of hydrogen-bond acceptors (Lipinski definition) is 3. The quantitative estimate of drug-likeness (QED) is 0.743. The molecule has 0 bridgehead atoms. The topological polar surface area (TPSA) is 67.4 Å². The molecule has 1 unspecified atom stereocenters. The standard InChI is InChI=1S/C24H28N2O3/c27-23(19-10-8-18(9-11-19)17-5-2-1-3-6-17)25-20-12-14-21(15-13-20)26-24(28)22-7-4-16-29-22/h8-15,17,22H,1-7,16H2,(H,25,27)(H,26,28). The van der Waals surface area contributed by atoms with E-state index < -0.39 is 0 Å². The van der Waals surface area contributed by atoms with Crippen molar-refractivity contribution in [1.82, 2.24) is 0 Å². The summed E-state index contributed by atoms with van der Waals surface area (Å²) in [6.07, 6.45) is 7.78. The summed E-state index contributed by atoms with van der Waals surface area (Å²) in [6, 6.07) is 15.2. The molecule has 2 N–H and O–H groups in total. The van der Waals surface area contributed by atoms with Crippen LogP contribution in [0.4, 0.5) is 11.4 Å². The van der Waals surface area contributed by atoms with Crippen molar-refractivity contribution in [1.29, 1.82) is 0 Å². The lowest BCUT2D eigenvalue weighted by molar-refractivity contribution is -0.124. The van der Waals surface area contributed by atoms with Crippen LogP contribution in [-0.2, 0) is 9.53 Å². The Morgan fingerprint density at radius 1 is 0.759 bits per heavy atom. The Morgan fingerprint density at radius 3 is 2.03 bits per heavy atom. The molecule has 152 valence electrons. The SMILES string of the molecule is O=C(Nc1ccc(NC(=O)C2CCCO2)cc1)c1ccc(C2CCCCC2)cc1. The highest BCUT2D eigenvalue weighted by Gasteiger charge is 2.23. The highest BCUT2D eigenvalue weighted by Crippen LogP contribution is 2.32. The number of hydrogen-bond donors (Lipinski definition) is 2. The van der Waals surface area contributed by atoms with E-state index in [9.17, 15) is 9.59 Å². The van der Waals surface area contributed by atoms with Gasteiger partial charge in [0.05, 0.1) is 0 Å². The van der Waals surface area contributed by atoms with Crippen molar-refractivity contribution in [3.05, 3.63) is 59.7 Å². The zero-order valence-electron chi connectivity index (χ0n) is 16.7. The number of anilines is 2. The third kappa shape index (κ3) is 5.04. The normalized spacial score (nSPS) is 19.7. The van der Waals surface area contributed by atoms with E-state index in [0.717, 1.165) is 12.8 Å². The summed E-state index contributed by atoms with van der Waals surface area (Å²) in [4.78, 5) is 24.6. The molecule has 1 saturated heterocycles. The smallest absolute Gasteiger partial charge is 0.255 e. The number of carbonyl (C=O) groups excluding carboxylic acids is 2. The largest absolute Gasteiger partial charge is 0.368 e. The van der Waals surface area contributed by atoms with Crippen molar-refractivity contribution in [2.45, 2.75) is 57.0 Å². The number of ether oxygens (including phenoxy) is 1. The van der Waals surface area contributed by atoms with Crippen LogP contribution < -0.4 is 10.6 Å². The second-order valence-corrected chi connectivity index (χ2v) is 7.98. The minimum absolute atomic E-state index is 0.114. The first-order valence-electron chi connectivity index (χ1n) is 10.6. The summed E-state index contributed by atoms with van der Waals surface area (Å²) in [5.41, 5.74) is 3.38. The van der Waals surface area contributed by atoms with Gasteiger partial charge >= 0.3 is 0 Å². The van der Waals surface area contributed by atoms with E-state index in [2.05, 4.69) is 22.8 Å². The van der Waals surface area contributed by atoms with Gasteiger partial charge in [-0.3, -0.25) is 9.59 Å². The Morgan fingerprint density at radius 2 is 1.41 bits per heavy atom. The summed E-state index contributed by atoms with van der Waals surface area (Å²) < 4.78 is 5.39. The molecule has 2 aromatic carbocycles. The first-order valence-corrected chi connectivity index (χ1v) is 10.6. The predicted molar refractivity (Wildman–Crippen MR) is 114 cm³/mol. The average Bonchev–Trinajstić information content (AvgIpc) is 3.31. The molecular formula is C24H28N2O3. The summed E-state index contributed by atoms with van der Waals surface area (Å²) in [5.74, 6) is 0.395. The second-order valence-electron chi connectivity index (χ2n) is 7.98. The molecule has 1 aliphatic carbocycles. The third-order valence-corrected chi connectivity index (χ3v) is 5.88. The molecule has 2 fully saturated rings. The van der Waals surface area contributed by atoms with Crippen molar-refractivity contribution < 1.29 is 14.3 Å². The van der Waals surface area contributed by atoms with Crippen LogP contribution in [-0.4, -0.2) is 24.5 Å². The average molecular weight is 392 g/mol. The number of amides is 2. The predicted octanol–water partition coefficient (Wildman–Crippen LogP) is 5.10. The van der Waals surface area contributed by atoms with Crippen LogP contribution in [0, 0.1) is 0 Å². The van der Waals surface area contributed by atoms with E-state index in [1.807, 2.05) is 12.1 Å². The number of nitrogens with one attached hydrogen (secondary N) is 2. The molecular weight excluding hydrogens is 364 g/mol. The maximum Gasteiger partial charge on any atom is 0.255 e. The zero-order valence-corrected chi connectivity index (χ0v) is 16.7. The van der Waals surface area contributed by atoms with Crippen LogP contribution >= 0.6 is 0 Å². The molecule has 1 saturated carbocycles. The zero-order chi connectivity index (χ0) is 20.1. The first kappa shape index (κ1) is 19.6. The number of benzene rings is 2. The molecule has 2 aromatic rings. The van der Waals surface area contributed by atoms with Gasteiger partial charge in [0.25, 0.3) is 11.8 Å². The van der Waals surface area contributed by atoms with Gasteiger partial charge < -0.3 is 15.4 Å². The third-order valence-electron chi connectivity index (χ3n) is 5.88. The van der Waals surface area contributed by atoms with E-state index in [-0.39, 0.29) is 17.9 Å². The van der Waals surface area contributed by atoms with Crippen LogP contribution in [0.3, 0.4) is 0 Å². The Kier molecular flexibility index (Phi) is 6.25. The van der Waals surface area contributed by atoms with Crippen molar-refractivity contribution in [2.75, 3.05) is 17.2 Å². The Balaban J connectivity index is 1.32. The number of rotatable bonds is 5. The Labute approximate surface area is 171 Å². The van der Waals surface area contributed by atoms with Crippen molar-refractivity contribution in [3.63, 3.8) is 0 Å². The molecule has 5 nitrogen and oxygen atoms in total. The van der Waals surface area contributed by atoms with Crippen LogP contribution in [0.2, 0.25) is 0 Å². The molecule has 0 spiro atoms. The molecule has 1 heterocycles. The molecule has 0 radical (unpaired) electrons. The molecule has 29 heavy (non-hydrogen) atoms. The van der Waals surface area contributed by atoms with Gasteiger partial charge in [-0.2, -0.15) is 0 Å². The van der Waals surface area contributed by atoms with Crippen molar-refractivity contribution in [3.8, 4) is 0 Å². The maximum absolute atomic E-state index is 12.5. The number of carbonyl (C=O) groups is 2. The maximum atomic E-state index is 12.5. The fraction of sp³-hybridized carbons (Fsp3) is 0.417. The molecule has 2 aliphatic rings. The molecule has 5 heteroatoms. The molecule has 4 rings (SSSR count). The molecule has 1 atom stereocenters. The van der Waals surface area contributed by atoms with Crippen LogP contribution in [0.15, 0.2) is 48.5 Å². The van der Waals surface area contributed by atoms with Crippen molar-refractivity contribution >= 4 is 23.2 Å². The van der Waals surface area contributed by atoms with Crippen LogP contribution in [0.25, 0.3) is 0 Å². The van der Waals surface area contributed by atoms with Gasteiger partial charge in [-0.25, -0.2) is 0 Å². The van der Waals surface area contributed by atoms with Gasteiger partial charge in [0.2, 0.25) is 0 Å². The van der Waals surface area contributed by atoms with E-state index in [1.54, 1.807) is 24.3 Å². The van der Waals surface area contributed by atoms with Crippen LogP contribution in [0.1, 0.15) is 66.8 Å². The second kappa shape index (κ2) is 9.23. The summed E-state index contributed by atoms with van der Waals surface area (Å²) in [7, 11) is 0. The fourth-order valence-corrected chi connectivity index (χ4v) is 4.19.